The highest BCUT2D eigenvalue weighted by molar-refractivity contribution is 14.1. The number of hydrogen-bond acceptors (Lipinski definition) is 3. The molecular weight excluding hydrogens is 261 g/mol. The van der Waals surface area contributed by atoms with Gasteiger partial charge in [0.25, 0.3) is 0 Å². The Morgan fingerprint density at radius 1 is 1.45 bits per heavy atom. The first-order valence-electron chi connectivity index (χ1n) is 2.70. The minimum Gasteiger partial charge on any atom is -0.386 e. The summed E-state index contributed by atoms with van der Waals surface area (Å²) >= 11 is 1.65. The summed E-state index contributed by atoms with van der Waals surface area (Å²) in [5, 5.41) is 2.19. The number of nitrogens with one attached hydrogen (secondary N) is 2. The predicted octanol–water partition coefficient (Wildman–Crippen LogP) is -0.611. The molecule has 6 heteroatoms. The van der Waals surface area contributed by atoms with E-state index >= 15 is 0 Å². The summed E-state index contributed by atoms with van der Waals surface area (Å²) < 4.78 is 2.27. The summed E-state index contributed by atoms with van der Waals surface area (Å²) in [6.45, 7) is 3.24. The van der Waals surface area contributed by atoms with Crippen LogP contribution in [0.3, 0.4) is 0 Å². The molecule has 11 heavy (non-hydrogen) atoms. The average molecular weight is 269 g/mol. The zero-order chi connectivity index (χ0) is 8.85. The van der Waals surface area contributed by atoms with Crippen LogP contribution in [0, 0.1) is 0 Å². The minimum atomic E-state index is -0.466. The van der Waals surface area contributed by atoms with Crippen molar-refractivity contribution >= 4 is 34.7 Å². The summed E-state index contributed by atoms with van der Waals surface area (Å²) in [7, 11) is 0. The van der Waals surface area contributed by atoms with Crippen LogP contribution in [0.2, 0.25) is 0 Å². The number of amides is 2. The number of carbonyl (C=O) groups excluding carboxylic acids is 2. The predicted molar refractivity (Wildman–Crippen MR) is 48.2 cm³/mol. The first kappa shape index (κ1) is 10.2. The van der Waals surface area contributed by atoms with Gasteiger partial charge in [0.1, 0.15) is 6.42 Å². The van der Waals surface area contributed by atoms with Crippen LogP contribution in [0.5, 0.6) is 0 Å². The Hall–Kier alpha value is -0.790. The maximum Gasteiger partial charge on any atom is 0.238 e. The Bertz CT molecular complexity index is 192. The van der Waals surface area contributed by atoms with E-state index in [4.69, 9.17) is 5.73 Å². The molecule has 0 aromatic carbocycles. The highest BCUT2D eigenvalue weighted by atomic mass is 127. The van der Waals surface area contributed by atoms with E-state index in [0.717, 1.165) is 0 Å². The lowest BCUT2D eigenvalue weighted by molar-refractivity contribution is -0.127. The van der Waals surface area contributed by atoms with Gasteiger partial charge in [0.15, 0.2) is 0 Å². The van der Waals surface area contributed by atoms with Crippen LogP contribution in [0.4, 0.5) is 0 Å². The molecule has 0 fully saturated rings. The smallest absolute Gasteiger partial charge is 0.238 e. The lowest BCUT2D eigenvalue weighted by Gasteiger charge is -2.00. The van der Waals surface area contributed by atoms with Crippen molar-refractivity contribution in [2.75, 3.05) is 0 Å². The summed E-state index contributed by atoms with van der Waals surface area (Å²) in [6.07, 6.45) is -0.237. The fraction of sp³-hybridized carbons (Fsp3) is 0.200. The van der Waals surface area contributed by atoms with Gasteiger partial charge in [-0.25, -0.2) is 0 Å². The lowest BCUT2D eigenvalue weighted by Crippen LogP contribution is -2.30. The zero-order valence-electron chi connectivity index (χ0n) is 5.69. The van der Waals surface area contributed by atoms with Gasteiger partial charge in [0.05, 0.1) is 28.7 Å². The molecule has 0 rings (SSSR count). The van der Waals surface area contributed by atoms with Crippen LogP contribution >= 0.6 is 22.9 Å². The Balaban J connectivity index is 3.70. The third-order valence-electron chi connectivity index (χ3n) is 0.726. The number of hydrogen-bond donors (Lipinski definition) is 3. The van der Waals surface area contributed by atoms with Crippen molar-refractivity contribution in [2.24, 2.45) is 5.73 Å². The SMILES string of the molecule is C=C(N)NC(=O)CC(=O)NI. The number of carbonyl (C=O) groups is 2. The molecule has 0 aliphatic heterocycles. The Labute approximate surface area is 77.9 Å². The summed E-state index contributed by atoms with van der Waals surface area (Å²) in [5.41, 5.74) is 5.05. The molecule has 4 N–H and O–H groups in total. The molecule has 0 heterocycles. The molecule has 0 bridgehead atoms. The van der Waals surface area contributed by atoms with Crippen LogP contribution < -0.4 is 14.6 Å². The maximum absolute atomic E-state index is 10.7. The van der Waals surface area contributed by atoms with Crippen molar-refractivity contribution in [3.8, 4) is 0 Å². The van der Waals surface area contributed by atoms with Gasteiger partial charge in [-0.15, -0.1) is 0 Å². The quantitative estimate of drug-likeness (QED) is 0.363. The average Bonchev–Trinajstić information content (AvgIpc) is 1.85. The molecule has 0 aromatic rings. The van der Waals surface area contributed by atoms with E-state index in [-0.39, 0.29) is 18.1 Å². The first-order valence-corrected chi connectivity index (χ1v) is 3.78. The van der Waals surface area contributed by atoms with Gasteiger partial charge in [0, 0.05) is 0 Å². The van der Waals surface area contributed by atoms with Crippen LogP contribution in [0.1, 0.15) is 6.42 Å². The van der Waals surface area contributed by atoms with E-state index in [0.29, 0.717) is 0 Å². The molecule has 62 valence electrons. The van der Waals surface area contributed by atoms with E-state index < -0.39 is 5.91 Å². The number of halogens is 1. The van der Waals surface area contributed by atoms with Crippen LogP contribution in [0.15, 0.2) is 12.4 Å². The third kappa shape index (κ3) is 5.64. The topological polar surface area (TPSA) is 84.2 Å². The van der Waals surface area contributed by atoms with E-state index in [9.17, 15) is 9.59 Å². The second kappa shape index (κ2) is 4.94. The van der Waals surface area contributed by atoms with Crippen LogP contribution in [-0.2, 0) is 9.59 Å². The summed E-state index contributed by atoms with van der Waals surface area (Å²) in [4.78, 5) is 21.3. The minimum absolute atomic E-state index is 0.0382. The molecule has 0 spiro atoms. The third-order valence-corrected chi connectivity index (χ3v) is 1.33. The van der Waals surface area contributed by atoms with Crippen molar-refractivity contribution in [1.82, 2.24) is 8.85 Å². The standard InChI is InChI=1S/C5H8IN3O2/c1-3(7)8-4(10)2-5(11)9-6/h1-2,7H2,(H,8,10)(H,9,11). The molecule has 0 aliphatic rings. The normalized spacial score (nSPS) is 8.45. The maximum atomic E-state index is 10.7. The molecule has 2 amide bonds. The Morgan fingerprint density at radius 2 is 2.00 bits per heavy atom. The van der Waals surface area contributed by atoms with Crippen molar-refractivity contribution in [1.29, 1.82) is 0 Å². The fourth-order valence-corrected chi connectivity index (χ4v) is 0.593. The van der Waals surface area contributed by atoms with Crippen molar-refractivity contribution in [3.63, 3.8) is 0 Å². The van der Waals surface area contributed by atoms with Crippen LogP contribution in [-0.4, -0.2) is 11.8 Å². The second-order valence-electron chi connectivity index (χ2n) is 1.77. The van der Waals surface area contributed by atoms with Crippen molar-refractivity contribution in [3.05, 3.63) is 12.4 Å². The van der Waals surface area contributed by atoms with Gasteiger partial charge in [-0.1, -0.05) is 6.58 Å². The van der Waals surface area contributed by atoms with E-state index in [1.807, 2.05) is 0 Å². The number of nitrogens with two attached hydrogens (primary N) is 1. The number of rotatable bonds is 3. The van der Waals surface area contributed by atoms with Gasteiger partial charge in [0.2, 0.25) is 11.8 Å². The lowest BCUT2D eigenvalue weighted by atomic mass is 10.4. The molecule has 0 aromatic heterocycles. The Kier molecular flexibility index (Phi) is 4.59. The molecule has 0 aliphatic carbocycles. The van der Waals surface area contributed by atoms with E-state index in [1.54, 1.807) is 22.9 Å². The Morgan fingerprint density at radius 3 is 2.36 bits per heavy atom. The largest absolute Gasteiger partial charge is 0.386 e. The molecular formula is C5H8IN3O2. The van der Waals surface area contributed by atoms with Gasteiger partial charge in [-0.3, -0.25) is 13.1 Å². The van der Waals surface area contributed by atoms with E-state index in [2.05, 4.69) is 15.4 Å². The molecule has 0 saturated carbocycles. The molecule has 0 atom stereocenters. The van der Waals surface area contributed by atoms with Crippen molar-refractivity contribution in [2.45, 2.75) is 6.42 Å². The van der Waals surface area contributed by atoms with Crippen LogP contribution in [0.25, 0.3) is 0 Å². The summed E-state index contributed by atoms with van der Waals surface area (Å²) in [5.74, 6) is -0.799. The second-order valence-corrected chi connectivity index (χ2v) is 2.31. The van der Waals surface area contributed by atoms with Gasteiger partial charge in [-0.2, -0.15) is 0 Å². The van der Waals surface area contributed by atoms with Gasteiger partial charge < -0.3 is 11.1 Å². The highest BCUT2D eigenvalue weighted by Crippen LogP contribution is 1.83. The molecule has 0 radical (unpaired) electrons. The molecule has 5 nitrogen and oxygen atoms in total. The molecule has 0 unspecified atom stereocenters. The van der Waals surface area contributed by atoms with E-state index in [1.165, 1.54) is 0 Å². The van der Waals surface area contributed by atoms with Gasteiger partial charge in [-0.05, 0) is 0 Å². The fourth-order valence-electron chi connectivity index (χ4n) is 0.403. The first-order chi connectivity index (χ1) is 5.06. The monoisotopic (exact) mass is 269 g/mol. The summed E-state index contributed by atoms with van der Waals surface area (Å²) in [6, 6.07) is 0. The zero-order valence-corrected chi connectivity index (χ0v) is 7.84. The van der Waals surface area contributed by atoms with Gasteiger partial charge >= 0.3 is 0 Å². The highest BCUT2D eigenvalue weighted by Gasteiger charge is 2.06. The molecule has 0 saturated heterocycles. The van der Waals surface area contributed by atoms with Crippen molar-refractivity contribution < 1.29 is 9.59 Å².